The van der Waals surface area contributed by atoms with E-state index in [0.29, 0.717) is 17.5 Å². The first kappa shape index (κ1) is 16.2. The van der Waals surface area contributed by atoms with E-state index < -0.39 is 0 Å². The Morgan fingerprint density at radius 1 is 1.00 bits per heavy atom. The Bertz CT molecular complexity index is 836. The quantitative estimate of drug-likeness (QED) is 0.716. The number of nitrogens with zero attached hydrogens (tertiary/aromatic N) is 3. The topological polar surface area (TPSA) is 62.7 Å². The predicted octanol–water partition coefficient (Wildman–Crippen LogP) is 4.50. The Hall–Kier alpha value is -2.66. The molecule has 0 aliphatic carbocycles. The van der Waals surface area contributed by atoms with Gasteiger partial charge in [-0.1, -0.05) is 17.7 Å². The highest BCUT2D eigenvalue weighted by molar-refractivity contribution is 6.31. The smallest absolute Gasteiger partial charge is 0.229 e. The molecule has 0 aliphatic rings. The second-order valence-corrected chi connectivity index (χ2v) is 5.92. The number of benzene rings is 1. The normalized spacial score (nSPS) is 10.5. The fraction of sp³-hybridized carbons (Fsp3) is 0.167. The fourth-order valence-corrected chi connectivity index (χ4v) is 2.39. The second kappa shape index (κ2) is 7.27. The molecule has 0 atom stereocenters. The molecular weight excluding hydrogens is 322 g/mol. The number of halogens is 1. The molecule has 24 heavy (non-hydrogen) atoms. The van der Waals surface area contributed by atoms with Crippen molar-refractivity contribution in [3.8, 4) is 0 Å². The van der Waals surface area contributed by atoms with Gasteiger partial charge in [0.15, 0.2) is 0 Å². The van der Waals surface area contributed by atoms with E-state index in [9.17, 15) is 0 Å². The largest absolute Gasteiger partial charge is 0.366 e. The van der Waals surface area contributed by atoms with Crippen LogP contribution in [0.2, 0.25) is 5.02 Å². The zero-order valence-corrected chi connectivity index (χ0v) is 14.3. The second-order valence-electron chi connectivity index (χ2n) is 5.52. The van der Waals surface area contributed by atoms with E-state index in [-0.39, 0.29) is 0 Å². The van der Waals surface area contributed by atoms with Gasteiger partial charge in [-0.3, -0.25) is 4.98 Å². The summed E-state index contributed by atoms with van der Waals surface area (Å²) in [6, 6.07) is 11.6. The highest BCUT2D eigenvalue weighted by Gasteiger charge is 2.04. The zero-order chi connectivity index (χ0) is 16.9. The minimum atomic E-state index is 0.534. The van der Waals surface area contributed by atoms with Gasteiger partial charge < -0.3 is 10.6 Å². The Morgan fingerprint density at radius 3 is 2.54 bits per heavy atom. The van der Waals surface area contributed by atoms with Crippen LogP contribution in [0, 0.1) is 13.8 Å². The predicted molar refractivity (Wildman–Crippen MR) is 97.8 cm³/mol. The van der Waals surface area contributed by atoms with Crippen LogP contribution in [0.3, 0.4) is 0 Å². The molecule has 0 saturated carbocycles. The Labute approximate surface area is 146 Å². The molecule has 0 fully saturated rings. The summed E-state index contributed by atoms with van der Waals surface area (Å²) >= 11 is 6.16. The van der Waals surface area contributed by atoms with Crippen molar-refractivity contribution in [3.05, 3.63) is 70.6 Å². The molecule has 2 heterocycles. The van der Waals surface area contributed by atoms with Crippen LogP contribution in [0.1, 0.15) is 16.8 Å². The lowest BCUT2D eigenvalue weighted by molar-refractivity contribution is 1.05. The molecule has 0 radical (unpaired) electrons. The van der Waals surface area contributed by atoms with Gasteiger partial charge in [0.05, 0.1) is 0 Å². The van der Waals surface area contributed by atoms with E-state index in [0.717, 1.165) is 28.3 Å². The van der Waals surface area contributed by atoms with Crippen molar-refractivity contribution in [1.29, 1.82) is 0 Å². The third kappa shape index (κ3) is 4.20. The standard InChI is InChI=1S/C18H18ClN5/c1-12-3-4-15(10-16(12)19)23-18-22-13(2)9-17(24-18)21-11-14-5-7-20-8-6-14/h3-10H,11H2,1-2H3,(H2,21,22,23,24). The van der Waals surface area contributed by atoms with E-state index in [2.05, 4.69) is 25.6 Å². The van der Waals surface area contributed by atoms with Crippen LogP contribution in [-0.4, -0.2) is 15.0 Å². The lowest BCUT2D eigenvalue weighted by Gasteiger charge is -2.10. The van der Waals surface area contributed by atoms with Crippen molar-refractivity contribution in [2.24, 2.45) is 0 Å². The van der Waals surface area contributed by atoms with E-state index in [4.69, 9.17) is 11.6 Å². The molecular formula is C18H18ClN5. The summed E-state index contributed by atoms with van der Waals surface area (Å²) in [5.74, 6) is 1.30. The van der Waals surface area contributed by atoms with Crippen molar-refractivity contribution in [1.82, 2.24) is 15.0 Å². The monoisotopic (exact) mass is 339 g/mol. The minimum Gasteiger partial charge on any atom is -0.366 e. The van der Waals surface area contributed by atoms with Gasteiger partial charge >= 0.3 is 0 Å². The van der Waals surface area contributed by atoms with Crippen LogP contribution in [0.5, 0.6) is 0 Å². The van der Waals surface area contributed by atoms with E-state index in [1.54, 1.807) is 12.4 Å². The van der Waals surface area contributed by atoms with Gasteiger partial charge in [-0.05, 0) is 49.2 Å². The highest BCUT2D eigenvalue weighted by atomic mass is 35.5. The third-order valence-corrected chi connectivity index (χ3v) is 3.91. The molecule has 0 aliphatic heterocycles. The molecule has 2 aromatic heterocycles. The Morgan fingerprint density at radius 2 is 1.79 bits per heavy atom. The van der Waals surface area contributed by atoms with Gasteiger partial charge in [0.2, 0.25) is 5.95 Å². The van der Waals surface area contributed by atoms with Crippen molar-refractivity contribution >= 4 is 29.1 Å². The van der Waals surface area contributed by atoms with Crippen LogP contribution in [0.15, 0.2) is 48.8 Å². The van der Waals surface area contributed by atoms with Crippen molar-refractivity contribution < 1.29 is 0 Å². The van der Waals surface area contributed by atoms with Gasteiger partial charge in [-0.15, -0.1) is 0 Å². The molecule has 3 aromatic rings. The maximum absolute atomic E-state index is 6.16. The summed E-state index contributed by atoms with van der Waals surface area (Å²) < 4.78 is 0. The summed E-state index contributed by atoms with van der Waals surface area (Å²) in [7, 11) is 0. The first-order valence-electron chi connectivity index (χ1n) is 7.62. The number of nitrogens with one attached hydrogen (secondary N) is 2. The van der Waals surface area contributed by atoms with Crippen LogP contribution in [0.25, 0.3) is 0 Å². The number of aromatic nitrogens is 3. The minimum absolute atomic E-state index is 0.534. The average molecular weight is 340 g/mol. The Kier molecular flexibility index (Phi) is 4.91. The molecule has 0 bridgehead atoms. The molecule has 2 N–H and O–H groups in total. The van der Waals surface area contributed by atoms with E-state index >= 15 is 0 Å². The molecule has 122 valence electrons. The molecule has 3 rings (SSSR count). The summed E-state index contributed by atoms with van der Waals surface area (Å²) in [5, 5.41) is 7.21. The molecule has 0 amide bonds. The maximum atomic E-state index is 6.16. The molecule has 0 saturated heterocycles. The van der Waals surface area contributed by atoms with E-state index in [1.807, 2.05) is 50.2 Å². The molecule has 1 aromatic carbocycles. The lowest BCUT2D eigenvalue weighted by atomic mass is 10.2. The summed E-state index contributed by atoms with van der Waals surface area (Å²) in [6.07, 6.45) is 3.55. The number of hydrogen-bond donors (Lipinski definition) is 2. The number of anilines is 3. The number of aryl methyl sites for hydroxylation is 2. The maximum Gasteiger partial charge on any atom is 0.229 e. The van der Waals surface area contributed by atoms with Crippen molar-refractivity contribution in [2.75, 3.05) is 10.6 Å². The number of pyridine rings is 1. The Balaban J connectivity index is 1.74. The lowest BCUT2D eigenvalue weighted by Crippen LogP contribution is -2.05. The summed E-state index contributed by atoms with van der Waals surface area (Å²) in [6.45, 7) is 4.58. The molecule has 6 heteroatoms. The van der Waals surface area contributed by atoms with Crippen LogP contribution >= 0.6 is 11.6 Å². The fourth-order valence-electron chi connectivity index (χ4n) is 2.21. The first-order chi connectivity index (χ1) is 11.6. The first-order valence-corrected chi connectivity index (χ1v) is 7.99. The highest BCUT2D eigenvalue weighted by Crippen LogP contribution is 2.22. The number of hydrogen-bond acceptors (Lipinski definition) is 5. The SMILES string of the molecule is Cc1cc(NCc2ccncc2)nc(Nc2ccc(C)c(Cl)c2)n1. The van der Waals surface area contributed by atoms with Crippen LogP contribution < -0.4 is 10.6 Å². The molecule has 0 unspecified atom stereocenters. The van der Waals surface area contributed by atoms with Gasteiger partial charge in [0, 0.05) is 41.4 Å². The van der Waals surface area contributed by atoms with Gasteiger partial charge in [-0.2, -0.15) is 4.98 Å². The van der Waals surface area contributed by atoms with Crippen LogP contribution in [0.4, 0.5) is 17.5 Å². The summed E-state index contributed by atoms with van der Waals surface area (Å²) in [4.78, 5) is 12.9. The van der Waals surface area contributed by atoms with E-state index in [1.165, 1.54) is 0 Å². The number of rotatable bonds is 5. The zero-order valence-electron chi connectivity index (χ0n) is 13.5. The van der Waals surface area contributed by atoms with Gasteiger partial charge in [-0.25, -0.2) is 4.98 Å². The average Bonchev–Trinajstić information content (AvgIpc) is 2.57. The van der Waals surface area contributed by atoms with Gasteiger partial charge in [0.25, 0.3) is 0 Å². The summed E-state index contributed by atoms with van der Waals surface area (Å²) in [5.41, 5.74) is 3.91. The van der Waals surface area contributed by atoms with Crippen molar-refractivity contribution in [3.63, 3.8) is 0 Å². The van der Waals surface area contributed by atoms with Gasteiger partial charge in [0.1, 0.15) is 5.82 Å². The van der Waals surface area contributed by atoms with Crippen molar-refractivity contribution in [2.45, 2.75) is 20.4 Å². The third-order valence-electron chi connectivity index (χ3n) is 3.51. The molecule has 0 spiro atoms. The molecule has 5 nitrogen and oxygen atoms in total. The van der Waals surface area contributed by atoms with Crippen LogP contribution in [-0.2, 0) is 6.54 Å².